The second-order valence-corrected chi connectivity index (χ2v) is 5.60. The van der Waals surface area contributed by atoms with Crippen molar-refractivity contribution < 1.29 is 13.2 Å². The molecule has 0 radical (unpaired) electrons. The molecule has 20 heavy (non-hydrogen) atoms. The second-order valence-electron chi connectivity index (χ2n) is 5.60. The van der Waals surface area contributed by atoms with E-state index in [-0.39, 0.29) is 12.5 Å². The quantitative estimate of drug-likeness (QED) is 0.660. The first-order chi connectivity index (χ1) is 9.41. The van der Waals surface area contributed by atoms with Crippen molar-refractivity contribution >= 4 is 0 Å². The van der Waals surface area contributed by atoms with E-state index >= 15 is 0 Å². The second kappa shape index (κ2) is 6.13. The van der Waals surface area contributed by atoms with Gasteiger partial charge in [0.1, 0.15) is 0 Å². The lowest BCUT2D eigenvalue weighted by Crippen LogP contribution is -2.49. The fourth-order valence-electron chi connectivity index (χ4n) is 3.21. The normalized spacial score (nSPS) is 25.6. The summed E-state index contributed by atoms with van der Waals surface area (Å²) in [6, 6.07) is -0.369. The van der Waals surface area contributed by atoms with E-state index in [1.54, 1.807) is 17.9 Å². The molecule has 1 aromatic rings. The molecule has 0 bridgehead atoms. The molecule has 0 amide bonds. The van der Waals surface area contributed by atoms with Crippen LogP contribution in [0.1, 0.15) is 31.2 Å². The van der Waals surface area contributed by atoms with E-state index < -0.39 is 18.0 Å². The van der Waals surface area contributed by atoms with Gasteiger partial charge in [-0.15, -0.1) is 0 Å². The van der Waals surface area contributed by atoms with E-state index in [4.69, 9.17) is 5.84 Å². The molecule has 0 saturated heterocycles. The summed E-state index contributed by atoms with van der Waals surface area (Å²) in [6.45, 7) is 0. The Bertz CT molecular complexity index is 429. The highest BCUT2D eigenvalue weighted by molar-refractivity contribution is 5.07. The standard InChI is InChI=1S/C13H21F3N4/c1-20-8-9(7-18-20)6-12(19-17)10-4-2-3-5-11(10)13(14,15)16/h7-8,10-12,19H,2-6,17H2,1H3. The molecule has 0 aromatic carbocycles. The lowest BCUT2D eigenvalue weighted by molar-refractivity contribution is -0.199. The number of nitrogens with two attached hydrogens (primary N) is 1. The first-order valence-electron chi connectivity index (χ1n) is 6.92. The molecular weight excluding hydrogens is 269 g/mol. The van der Waals surface area contributed by atoms with Crippen LogP contribution in [0.2, 0.25) is 0 Å². The molecular formula is C13H21F3N4. The lowest BCUT2D eigenvalue weighted by Gasteiger charge is -2.37. The molecule has 4 nitrogen and oxygen atoms in total. The SMILES string of the molecule is Cn1cc(CC(NN)C2CCCCC2C(F)(F)F)cn1. The maximum atomic E-state index is 13.1. The van der Waals surface area contributed by atoms with Crippen LogP contribution < -0.4 is 11.3 Å². The van der Waals surface area contributed by atoms with Gasteiger partial charge in [0.05, 0.1) is 12.1 Å². The zero-order valence-electron chi connectivity index (χ0n) is 11.5. The summed E-state index contributed by atoms with van der Waals surface area (Å²) in [7, 11) is 1.79. The van der Waals surface area contributed by atoms with E-state index in [1.165, 1.54) is 0 Å². The van der Waals surface area contributed by atoms with Gasteiger partial charge in [0.25, 0.3) is 0 Å². The number of rotatable bonds is 4. The Balaban J connectivity index is 2.11. The van der Waals surface area contributed by atoms with E-state index in [0.29, 0.717) is 19.3 Å². The Morgan fingerprint density at radius 2 is 2.15 bits per heavy atom. The summed E-state index contributed by atoms with van der Waals surface area (Å²) in [4.78, 5) is 0. The Morgan fingerprint density at radius 3 is 2.70 bits per heavy atom. The maximum absolute atomic E-state index is 13.1. The molecule has 0 spiro atoms. The first kappa shape index (κ1) is 15.3. The summed E-state index contributed by atoms with van der Waals surface area (Å²) in [5.74, 6) is 3.80. The zero-order valence-corrected chi connectivity index (χ0v) is 11.5. The van der Waals surface area contributed by atoms with Gasteiger partial charge < -0.3 is 0 Å². The highest BCUT2D eigenvalue weighted by Crippen LogP contribution is 2.43. The van der Waals surface area contributed by atoms with E-state index in [0.717, 1.165) is 12.0 Å². The highest BCUT2D eigenvalue weighted by Gasteiger charge is 2.47. The molecule has 3 unspecified atom stereocenters. The third kappa shape index (κ3) is 3.52. The minimum atomic E-state index is -4.14. The van der Waals surface area contributed by atoms with Crippen LogP contribution in [0.25, 0.3) is 0 Å². The van der Waals surface area contributed by atoms with Gasteiger partial charge in [0.15, 0.2) is 0 Å². The number of alkyl halides is 3. The summed E-state index contributed by atoms with van der Waals surface area (Å²) < 4.78 is 41.1. The number of nitrogens with zero attached hydrogens (tertiary/aromatic N) is 2. The molecule has 3 atom stereocenters. The van der Waals surface area contributed by atoms with Crippen molar-refractivity contribution in [3.8, 4) is 0 Å². The minimum Gasteiger partial charge on any atom is -0.276 e. The third-order valence-electron chi connectivity index (χ3n) is 4.18. The van der Waals surface area contributed by atoms with Gasteiger partial charge in [-0.25, -0.2) is 0 Å². The molecule has 2 rings (SSSR count). The Kier molecular flexibility index (Phi) is 4.70. The molecule has 1 saturated carbocycles. The van der Waals surface area contributed by atoms with Crippen molar-refractivity contribution in [2.45, 2.75) is 44.3 Å². The maximum Gasteiger partial charge on any atom is 0.392 e. The van der Waals surface area contributed by atoms with Crippen LogP contribution in [0.15, 0.2) is 12.4 Å². The number of hydrazine groups is 1. The van der Waals surface area contributed by atoms with Crippen molar-refractivity contribution in [2.75, 3.05) is 0 Å². The van der Waals surface area contributed by atoms with Gasteiger partial charge in [-0.1, -0.05) is 12.8 Å². The van der Waals surface area contributed by atoms with Crippen LogP contribution >= 0.6 is 0 Å². The van der Waals surface area contributed by atoms with Crippen LogP contribution in [0.3, 0.4) is 0 Å². The summed E-state index contributed by atoms with van der Waals surface area (Å²) in [5, 5.41) is 4.04. The predicted molar refractivity (Wildman–Crippen MR) is 69.5 cm³/mol. The van der Waals surface area contributed by atoms with Crippen molar-refractivity contribution in [2.24, 2.45) is 24.7 Å². The molecule has 3 N–H and O–H groups in total. The number of hydrogen-bond donors (Lipinski definition) is 2. The van der Waals surface area contributed by atoms with Crippen LogP contribution in [0.5, 0.6) is 0 Å². The number of hydrogen-bond acceptors (Lipinski definition) is 3. The number of halogens is 3. The van der Waals surface area contributed by atoms with Crippen LogP contribution in [0, 0.1) is 11.8 Å². The van der Waals surface area contributed by atoms with E-state index in [2.05, 4.69) is 10.5 Å². The van der Waals surface area contributed by atoms with Gasteiger partial charge in [0, 0.05) is 19.3 Å². The van der Waals surface area contributed by atoms with Crippen molar-refractivity contribution in [1.82, 2.24) is 15.2 Å². The molecule has 1 aliphatic carbocycles. The number of aromatic nitrogens is 2. The molecule has 1 aliphatic rings. The molecule has 1 heterocycles. The topological polar surface area (TPSA) is 55.9 Å². The number of nitrogens with one attached hydrogen (secondary N) is 1. The average Bonchev–Trinajstić information content (AvgIpc) is 2.80. The van der Waals surface area contributed by atoms with Crippen LogP contribution in [-0.4, -0.2) is 22.0 Å². The van der Waals surface area contributed by atoms with Crippen LogP contribution in [0.4, 0.5) is 13.2 Å². The fraction of sp³-hybridized carbons (Fsp3) is 0.769. The molecule has 1 fully saturated rings. The van der Waals surface area contributed by atoms with Gasteiger partial charge in [-0.05, 0) is 30.7 Å². The summed E-state index contributed by atoms with van der Waals surface area (Å²) in [6.07, 6.45) is 2.08. The van der Waals surface area contributed by atoms with Gasteiger partial charge >= 0.3 is 6.18 Å². The molecule has 7 heteroatoms. The third-order valence-corrected chi connectivity index (χ3v) is 4.18. The molecule has 114 valence electrons. The first-order valence-corrected chi connectivity index (χ1v) is 6.92. The minimum absolute atomic E-state index is 0.208. The van der Waals surface area contributed by atoms with E-state index in [9.17, 15) is 13.2 Å². The Morgan fingerprint density at radius 1 is 1.45 bits per heavy atom. The lowest BCUT2D eigenvalue weighted by atomic mass is 9.73. The Labute approximate surface area is 116 Å². The van der Waals surface area contributed by atoms with Gasteiger partial charge in [0.2, 0.25) is 0 Å². The van der Waals surface area contributed by atoms with E-state index in [1.807, 2.05) is 6.20 Å². The largest absolute Gasteiger partial charge is 0.392 e. The average molecular weight is 290 g/mol. The number of aryl methyl sites for hydroxylation is 1. The Hall–Kier alpha value is -1.08. The fourth-order valence-corrected chi connectivity index (χ4v) is 3.21. The predicted octanol–water partition coefficient (Wildman–Crippen LogP) is 2.16. The monoisotopic (exact) mass is 290 g/mol. The molecule has 1 aromatic heterocycles. The van der Waals surface area contributed by atoms with Crippen molar-refractivity contribution in [3.63, 3.8) is 0 Å². The van der Waals surface area contributed by atoms with Crippen LogP contribution in [-0.2, 0) is 13.5 Å². The summed E-state index contributed by atoms with van der Waals surface area (Å²) >= 11 is 0. The summed E-state index contributed by atoms with van der Waals surface area (Å²) in [5.41, 5.74) is 3.50. The van der Waals surface area contributed by atoms with Crippen molar-refractivity contribution in [3.05, 3.63) is 18.0 Å². The van der Waals surface area contributed by atoms with Gasteiger partial charge in [-0.3, -0.25) is 16.0 Å². The van der Waals surface area contributed by atoms with Gasteiger partial charge in [-0.2, -0.15) is 18.3 Å². The smallest absolute Gasteiger partial charge is 0.276 e. The van der Waals surface area contributed by atoms with Crippen molar-refractivity contribution in [1.29, 1.82) is 0 Å². The zero-order chi connectivity index (χ0) is 14.8. The molecule has 0 aliphatic heterocycles. The highest BCUT2D eigenvalue weighted by atomic mass is 19.4.